The van der Waals surface area contributed by atoms with Crippen molar-refractivity contribution < 1.29 is 47.7 Å². The minimum absolute atomic E-state index is 0.243. The lowest BCUT2D eigenvalue weighted by Crippen LogP contribution is -2.65. The van der Waals surface area contributed by atoms with Crippen LogP contribution < -0.4 is 5.32 Å². The van der Waals surface area contributed by atoms with Crippen LogP contribution in [-0.4, -0.2) is 77.5 Å². The molecule has 0 aromatic carbocycles. The molecule has 0 aliphatic carbocycles. The molecule has 1 saturated heterocycles. The van der Waals surface area contributed by atoms with Crippen LogP contribution in [0, 0.1) is 0 Å². The monoisotopic (exact) mass is 519 g/mol. The van der Waals surface area contributed by atoms with E-state index in [9.17, 15) is 24.0 Å². The number of carbonyl (C=O) groups is 5. The van der Waals surface area contributed by atoms with Crippen LogP contribution in [0.5, 0.6) is 0 Å². The van der Waals surface area contributed by atoms with Crippen molar-refractivity contribution in [2.24, 2.45) is 0 Å². The summed E-state index contributed by atoms with van der Waals surface area (Å²) in [5.41, 5.74) is -1.26. The number of rotatable bonds is 11. The van der Waals surface area contributed by atoms with Crippen LogP contribution in [0.15, 0.2) is 0 Å². The molecule has 5 atom stereocenters. The van der Waals surface area contributed by atoms with Gasteiger partial charge in [0.25, 0.3) is 0 Å². The maximum Gasteiger partial charge on any atom is 0.306 e. The van der Waals surface area contributed by atoms with E-state index in [1.165, 1.54) is 39.5 Å². The number of hydrogen-bond acceptors (Lipinski definition) is 11. The number of ether oxygens (including phenoxy) is 5. The van der Waals surface area contributed by atoms with Gasteiger partial charge in [-0.05, 0) is 39.4 Å². The highest BCUT2D eigenvalue weighted by Crippen LogP contribution is 2.33. The Kier molecular flexibility index (Phi) is 12.5. The molecule has 35 heavy (non-hydrogen) atoms. The van der Waals surface area contributed by atoms with Gasteiger partial charge in [-0.3, -0.25) is 24.0 Å². The third kappa shape index (κ3) is 12.3. The van der Waals surface area contributed by atoms with Crippen molar-refractivity contribution in [3.63, 3.8) is 0 Å². The van der Waals surface area contributed by atoms with E-state index in [1.54, 1.807) is 20.8 Å². The van der Waals surface area contributed by atoms with Crippen LogP contribution in [0.2, 0.25) is 0 Å². The molecule has 12 heteroatoms. The van der Waals surface area contributed by atoms with Crippen molar-refractivity contribution in [1.29, 1.82) is 0 Å². The Morgan fingerprint density at radius 1 is 0.886 bits per heavy atom. The zero-order chi connectivity index (χ0) is 26.8. The lowest BCUT2D eigenvalue weighted by Gasteiger charge is -2.45. The van der Waals surface area contributed by atoms with E-state index >= 15 is 0 Å². The van der Waals surface area contributed by atoms with Gasteiger partial charge in [0.1, 0.15) is 29.8 Å². The molecule has 200 valence electrons. The molecule has 0 saturated carbocycles. The largest absolute Gasteiger partial charge is 0.463 e. The smallest absolute Gasteiger partial charge is 0.306 e. The fraction of sp³-hybridized carbons (Fsp3) is 0.783. The van der Waals surface area contributed by atoms with Crippen molar-refractivity contribution in [2.45, 2.75) is 103 Å². The van der Waals surface area contributed by atoms with Crippen LogP contribution >= 0.6 is 11.8 Å². The molecule has 0 radical (unpaired) electrons. The van der Waals surface area contributed by atoms with Gasteiger partial charge in [-0.1, -0.05) is 0 Å². The number of carbonyl (C=O) groups excluding carboxylic acids is 5. The van der Waals surface area contributed by atoms with Crippen molar-refractivity contribution in [2.75, 3.05) is 12.4 Å². The summed E-state index contributed by atoms with van der Waals surface area (Å²) in [6.45, 7) is 10.1. The fourth-order valence-electron chi connectivity index (χ4n) is 3.40. The molecule has 0 bridgehead atoms. The SMILES string of the molecule is CC(=O)N[C@H]1C(OC(C)=O)[C@@H](OC(C)=O)C(COC(C)=O)O[C@H]1SCCCCC(=O)OC(C)(C)C. The second-order valence-corrected chi connectivity index (χ2v) is 10.3. The summed E-state index contributed by atoms with van der Waals surface area (Å²) in [4.78, 5) is 58.9. The topological polar surface area (TPSA) is 144 Å². The highest BCUT2D eigenvalue weighted by atomic mass is 32.2. The van der Waals surface area contributed by atoms with Gasteiger partial charge in [0.05, 0.1) is 0 Å². The Hall–Kier alpha value is -2.34. The fourth-order valence-corrected chi connectivity index (χ4v) is 4.65. The Bertz CT molecular complexity index is 766. The summed E-state index contributed by atoms with van der Waals surface area (Å²) in [6, 6.07) is -0.842. The average molecular weight is 520 g/mol. The number of nitrogens with one attached hydrogen (secondary N) is 1. The van der Waals surface area contributed by atoms with Gasteiger partial charge in [-0.25, -0.2) is 0 Å². The van der Waals surface area contributed by atoms with Crippen LogP contribution in [-0.2, 0) is 47.7 Å². The number of esters is 4. The van der Waals surface area contributed by atoms with Gasteiger partial charge >= 0.3 is 23.9 Å². The first-order valence-corrected chi connectivity index (χ1v) is 12.5. The Morgan fingerprint density at radius 3 is 2.00 bits per heavy atom. The van der Waals surface area contributed by atoms with Gasteiger partial charge in [0.15, 0.2) is 12.2 Å². The maximum atomic E-state index is 11.9. The molecule has 1 rings (SSSR count). The van der Waals surface area contributed by atoms with Crippen molar-refractivity contribution in [3.8, 4) is 0 Å². The lowest BCUT2D eigenvalue weighted by atomic mass is 9.97. The second kappa shape index (κ2) is 14.3. The average Bonchev–Trinajstić information content (AvgIpc) is 2.67. The molecule has 1 aliphatic heterocycles. The van der Waals surface area contributed by atoms with Crippen LogP contribution in [0.4, 0.5) is 0 Å². The van der Waals surface area contributed by atoms with E-state index in [2.05, 4.69) is 5.32 Å². The van der Waals surface area contributed by atoms with Crippen LogP contribution in [0.1, 0.15) is 67.7 Å². The van der Waals surface area contributed by atoms with Crippen molar-refractivity contribution >= 4 is 41.5 Å². The summed E-state index contributed by atoms with van der Waals surface area (Å²) in [6.07, 6.45) is -1.63. The van der Waals surface area contributed by atoms with Gasteiger partial charge in [0.2, 0.25) is 5.91 Å². The second-order valence-electron chi connectivity index (χ2n) is 9.13. The van der Waals surface area contributed by atoms with Crippen molar-refractivity contribution in [1.82, 2.24) is 5.32 Å². The van der Waals surface area contributed by atoms with Gasteiger partial charge in [0, 0.05) is 34.1 Å². The van der Waals surface area contributed by atoms with Crippen molar-refractivity contribution in [3.05, 3.63) is 0 Å². The Morgan fingerprint density at radius 2 is 1.49 bits per heavy atom. The van der Waals surface area contributed by atoms with Gasteiger partial charge in [-0.2, -0.15) is 0 Å². The first-order chi connectivity index (χ1) is 16.2. The predicted octanol–water partition coefficient (Wildman–Crippen LogP) is 1.89. The summed E-state index contributed by atoms with van der Waals surface area (Å²) >= 11 is 1.34. The molecular formula is C23H37NO10S. The molecule has 0 aromatic heterocycles. The zero-order valence-electron chi connectivity index (χ0n) is 21.4. The van der Waals surface area contributed by atoms with Gasteiger partial charge < -0.3 is 29.0 Å². The van der Waals surface area contributed by atoms with E-state index in [0.29, 0.717) is 18.6 Å². The minimum atomic E-state index is -1.11. The molecule has 1 heterocycles. The van der Waals surface area contributed by atoms with Crippen LogP contribution in [0.25, 0.3) is 0 Å². The number of thioether (sulfide) groups is 1. The van der Waals surface area contributed by atoms with E-state index < -0.39 is 59.2 Å². The van der Waals surface area contributed by atoms with Gasteiger partial charge in [-0.15, -0.1) is 11.8 Å². The highest BCUT2D eigenvalue weighted by molar-refractivity contribution is 7.99. The normalized spacial score (nSPS) is 24.1. The number of amides is 1. The molecule has 0 spiro atoms. The summed E-state index contributed by atoms with van der Waals surface area (Å²) in [7, 11) is 0. The Labute approximate surface area is 210 Å². The molecule has 11 nitrogen and oxygen atoms in total. The number of unbranched alkanes of at least 4 members (excludes halogenated alkanes) is 1. The molecule has 1 aliphatic rings. The molecule has 1 N–H and O–H groups in total. The maximum absolute atomic E-state index is 11.9. The molecular weight excluding hydrogens is 482 g/mol. The van der Waals surface area contributed by atoms with E-state index in [1.807, 2.05) is 0 Å². The predicted molar refractivity (Wildman–Crippen MR) is 126 cm³/mol. The summed E-state index contributed by atoms with van der Waals surface area (Å²) in [5.74, 6) is -1.99. The molecule has 1 amide bonds. The standard InChI is InChI=1S/C23H37NO10S/c1-13(25)24-19-21(32-16(4)28)20(31-15(3)27)17(12-30-14(2)26)33-22(19)35-11-9-8-10-18(29)34-23(5,6)7/h17,19-22H,8-12H2,1-7H3,(H,24,25)/t17?,19-,20-,21?,22-/m0/s1. The lowest BCUT2D eigenvalue weighted by molar-refractivity contribution is -0.211. The third-order valence-corrected chi connectivity index (χ3v) is 5.81. The van der Waals surface area contributed by atoms with E-state index in [0.717, 1.165) is 0 Å². The molecule has 1 fully saturated rings. The first kappa shape index (κ1) is 30.7. The Balaban J connectivity index is 2.98. The molecule has 0 aromatic rings. The summed E-state index contributed by atoms with van der Waals surface area (Å²) in [5, 5.41) is 2.73. The quantitative estimate of drug-likeness (QED) is 0.243. The van der Waals surface area contributed by atoms with E-state index in [4.69, 9.17) is 23.7 Å². The molecule has 2 unspecified atom stereocenters. The third-order valence-electron chi connectivity index (χ3n) is 4.55. The number of hydrogen-bond donors (Lipinski definition) is 1. The first-order valence-electron chi connectivity index (χ1n) is 11.4. The zero-order valence-corrected chi connectivity index (χ0v) is 22.2. The van der Waals surface area contributed by atoms with E-state index in [-0.39, 0.29) is 19.0 Å². The highest BCUT2D eigenvalue weighted by Gasteiger charge is 2.50. The van der Waals surface area contributed by atoms with Crippen LogP contribution in [0.3, 0.4) is 0 Å². The minimum Gasteiger partial charge on any atom is -0.463 e. The summed E-state index contributed by atoms with van der Waals surface area (Å²) < 4.78 is 27.3.